The summed E-state index contributed by atoms with van der Waals surface area (Å²) in [6.45, 7) is 0.620. The summed E-state index contributed by atoms with van der Waals surface area (Å²) in [6.07, 6.45) is 0. The van der Waals surface area contributed by atoms with Crippen LogP contribution in [0.4, 0.5) is 10.1 Å². The van der Waals surface area contributed by atoms with Crippen LogP contribution in [0.2, 0.25) is 0 Å². The van der Waals surface area contributed by atoms with Gasteiger partial charge in [0, 0.05) is 31.7 Å². The zero-order chi connectivity index (χ0) is 17.7. The fraction of sp³-hybridized carbons (Fsp3) is 0.294. The molecule has 7 heteroatoms. The Bertz CT molecular complexity index is 717. The first-order valence-electron chi connectivity index (χ1n) is 7.40. The summed E-state index contributed by atoms with van der Waals surface area (Å²) in [7, 11) is 4.85. The molecule has 0 spiro atoms. The molecular weight excluding hydrogens is 329 g/mol. The highest BCUT2D eigenvalue weighted by Crippen LogP contribution is 2.16. The third kappa shape index (κ3) is 4.55. The zero-order valence-electron chi connectivity index (χ0n) is 13.9. The fourth-order valence-corrected chi connectivity index (χ4v) is 2.83. The molecule has 5 nitrogen and oxygen atoms in total. The number of thiophene rings is 1. The van der Waals surface area contributed by atoms with Crippen molar-refractivity contribution in [1.82, 2.24) is 9.80 Å². The second-order valence-corrected chi connectivity index (χ2v) is 6.61. The first-order chi connectivity index (χ1) is 11.4. The lowest BCUT2D eigenvalue weighted by Gasteiger charge is -2.17. The van der Waals surface area contributed by atoms with Crippen LogP contribution in [0.15, 0.2) is 35.7 Å². The van der Waals surface area contributed by atoms with E-state index in [9.17, 15) is 14.0 Å². The minimum absolute atomic E-state index is 0.0237. The van der Waals surface area contributed by atoms with Gasteiger partial charge in [-0.05, 0) is 29.6 Å². The van der Waals surface area contributed by atoms with Gasteiger partial charge in [-0.3, -0.25) is 9.59 Å². The van der Waals surface area contributed by atoms with Gasteiger partial charge in [-0.2, -0.15) is 0 Å². The van der Waals surface area contributed by atoms with Crippen molar-refractivity contribution in [2.75, 3.05) is 33.0 Å². The van der Waals surface area contributed by atoms with Gasteiger partial charge < -0.3 is 15.1 Å². The fourth-order valence-electron chi connectivity index (χ4n) is 2.08. The molecule has 24 heavy (non-hydrogen) atoms. The molecule has 128 valence electrons. The largest absolute Gasteiger partial charge is 0.376 e. The van der Waals surface area contributed by atoms with E-state index in [2.05, 4.69) is 5.32 Å². The maximum Gasteiger partial charge on any atom is 0.256 e. The molecule has 0 saturated carbocycles. The molecule has 2 aromatic rings. The van der Waals surface area contributed by atoms with Crippen molar-refractivity contribution >= 4 is 28.8 Å². The van der Waals surface area contributed by atoms with Crippen LogP contribution >= 0.6 is 11.3 Å². The van der Waals surface area contributed by atoms with Gasteiger partial charge in [0.1, 0.15) is 5.82 Å². The van der Waals surface area contributed by atoms with Crippen molar-refractivity contribution in [1.29, 1.82) is 0 Å². The molecule has 1 heterocycles. The van der Waals surface area contributed by atoms with Crippen molar-refractivity contribution in [2.24, 2.45) is 0 Å². The number of amides is 2. The summed E-state index contributed by atoms with van der Waals surface area (Å²) in [4.78, 5) is 28.1. The Labute approximate surface area is 144 Å². The molecule has 0 unspecified atom stereocenters. The van der Waals surface area contributed by atoms with Gasteiger partial charge >= 0.3 is 0 Å². The summed E-state index contributed by atoms with van der Waals surface area (Å²) in [5, 5.41) is 4.91. The minimum Gasteiger partial charge on any atom is -0.376 e. The van der Waals surface area contributed by atoms with Gasteiger partial charge in [0.15, 0.2) is 0 Å². The number of halogens is 1. The van der Waals surface area contributed by atoms with Crippen LogP contribution in [0.5, 0.6) is 0 Å². The van der Waals surface area contributed by atoms with Gasteiger partial charge in [-0.1, -0.05) is 6.07 Å². The van der Waals surface area contributed by atoms with Gasteiger partial charge in [0.25, 0.3) is 5.91 Å². The van der Waals surface area contributed by atoms with E-state index in [0.29, 0.717) is 12.2 Å². The van der Waals surface area contributed by atoms with E-state index in [-0.39, 0.29) is 18.0 Å². The molecule has 0 aliphatic rings. The highest BCUT2D eigenvalue weighted by molar-refractivity contribution is 7.09. The van der Waals surface area contributed by atoms with E-state index in [1.165, 1.54) is 23.1 Å². The Balaban J connectivity index is 1.97. The standard InChI is InChI=1S/C17H20FN3O2S/c1-20(2)17(23)14-9-12(6-7-15(14)18)19-10-16(22)21(3)11-13-5-4-8-24-13/h4-9,19H,10-11H2,1-3H3. The lowest BCUT2D eigenvalue weighted by Crippen LogP contribution is -2.31. The van der Waals surface area contributed by atoms with Crippen molar-refractivity contribution < 1.29 is 14.0 Å². The third-order valence-corrected chi connectivity index (χ3v) is 4.31. The van der Waals surface area contributed by atoms with Crippen LogP contribution < -0.4 is 5.32 Å². The Hall–Kier alpha value is -2.41. The topological polar surface area (TPSA) is 52.7 Å². The summed E-state index contributed by atoms with van der Waals surface area (Å²) in [6, 6.07) is 8.07. The van der Waals surface area contributed by atoms with Crippen LogP contribution in [0.3, 0.4) is 0 Å². The van der Waals surface area contributed by atoms with E-state index in [1.54, 1.807) is 37.4 Å². The average molecular weight is 349 g/mol. The number of hydrogen-bond acceptors (Lipinski definition) is 4. The van der Waals surface area contributed by atoms with Crippen LogP contribution in [0, 0.1) is 5.82 Å². The molecule has 2 amide bonds. The maximum absolute atomic E-state index is 13.8. The molecule has 1 aromatic carbocycles. The summed E-state index contributed by atoms with van der Waals surface area (Å²) in [5.41, 5.74) is 0.504. The normalized spacial score (nSPS) is 10.3. The summed E-state index contributed by atoms with van der Waals surface area (Å²) in [5.74, 6) is -1.09. The van der Waals surface area contributed by atoms with Crippen molar-refractivity contribution in [3.05, 3.63) is 52.0 Å². The lowest BCUT2D eigenvalue weighted by molar-refractivity contribution is -0.128. The van der Waals surface area contributed by atoms with E-state index < -0.39 is 11.7 Å². The molecule has 0 bridgehead atoms. The van der Waals surface area contributed by atoms with Crippen LogP contribution in [0.1, 0.15) is 15.2 Å². The van der Waals surface area contributed by atoms with Gasteiger partial charge in [-0.25, -0.2) is 4.39 Å². The maximum atomic E-state index is 13.8. The van der Waals surface area contributed by atoms with Crippen LogP contribution in [-0.2, 0) is 11.3 Å². The predicted molar refractivity (Wildman–Crippen MR) is 93.7 cm³/mol. The molecule has 0 aliphatic carbocycles. The van der Waals surface area contributed by atoms with Gasteiger partial charge in [-0.15, -0.1) is 11.3 Å². The van der Waals surface area contributed by atoms with Crippen molar-refractivity contribution in [2.45, 2.75) is 6.54 Å². The highest BCUT2D eigenvalue weighted by atomic mass is 32.1. The number of nitrogens with one attached hydrogen (secondary N) is 1. The minimum atomic E-state index is -0.583. The van der Waals surface area contributed by atoms with Gasteiger partial charge in [0.2, 0.25) is 5.91 Å². The summed E-state index contributed by atoms with van der Waals surface area (Å²) >= 11 is 1.59. The second kappa shape index (κ2) is 7.92. The molecule has 0 atom stereocenters. The monoisotopic (exact) mass is 349 g/mol. The van der Waals surface area contributed by atoms with E-state index in [1.807, 2.05) is 17.5 Å². The lowest BCUT2D eigenvalue weighted by atomic mass is 10.1. The molecular formula is C17H20FN3O2S. The Morgan fingerprint density at radius 3 is 2.58 bits per heavy atom. The SMILES string of the molecule is CN(C)C(=O)c1cc(NCC(=O)N(C)Cc2cccs2)ccc1F. The van der Waals surface area contributed by atoms with Crippen molar-refractivity contribution in [3.63, 3.8) is 0 Å². The number of carbonyl (C=O) groups is 2. The zero-order valence-corrected chi connectivity index (χ0v) is 14.7. The first-order valence-corrected chi connectivity index (χ1v) is 8.28. The smallest absolute Gasteiger partial charge is 0.256 e. The van der Waals surface area contributed by atoms with Gasteiger partial charge in [0.05, 0.1) is 18.7 Å². The Kier molecular flexibility index (Phi) is 5.92. The Morgan fingerprint density at radius 2 is 1.96 bits per heavy atom. The molecule has 1 aromatic heterocycles. The average Bonchev–Trinajstić information content (AvgIpc) is 3.05. The number of nitrogens with zero attached hydrogens (tertiary/aromatic N) is 2. The van der Waals surface area contributed by atoms with E-state index in [4.69, 9.17) is 0 Å². The number of anilines is 1. The predicted octanol–water partition coefficient (Wildman–Crippen LogP) is 2.66. The number of rotatable bonds is 6. The summed E-state index contributed by atoms with van der Waals surface area (Å²) < 4.78 is 13.8. The Morgan fingerprint density at radius 1 is 1.21 bits per heavy atom. The highest BCUT2D eigenvalue weighted by Gasteiger charge is 2.15. The number of benzene rings is 1. The number of hydrogen-bond donors (Lipinski definition) is 1. The molecule has 1 N–H and O–H groups in total. The molecule has 0 fully saturated rings. The third-order valence-electron chi connectivity index (χ3n) is 3.45. The van der Waals surface area contributed by atoms with Crippen molar-refractivity contribution in [3.8, 4) is 0 Å². The molecule has 0 radical (unpaired) electrons. The molecule has 0 aliphatic heterocycles. The number of likely N-dealkylation sites (N-methyl/N-ethyl adjacent to an activating group) is 1. The molecule has 2 rings (SSSR count). The van der Waals surface area contributed by atoms with E-state index in [0.717, 1.165) is 4.88 Å². The van der Waals surface area contributed by atoms with Crippen LogP contribution in [0.25, 0.3) is 0 Å². The van der Waals surface area contributed by atoms with E-state index >= 15 is 0 Å². The first kappa shape index (κ1) is 17.9. The number of carbonyl (C=O) groups excluding carboxylic acids is 2. The molecule has 0 saturated heterocycles. The second-order valence-electron chi connectivity index (χ2n) is 5.58. The van der Waals surface area contributed by atoms with Crippen LogP contribution in [-0.4, -0.2) is 49.3 Å². The quantitative estimate of drug-likeness (QED) is 0.872.